The lowest BCUT2D eigenvalue weighted by Gasteiger charge is -2.29. The van der Waals surface area contributed by atoms with E-state index >= 15 is 0 Å². The third kappa shape index (κ3) is 5.36. The molecule has 6 heteroatoms. The third-order valence-corrected chi connectivity index (χ3v) is 4.08. The van der Waals surface area contributed by atoms with Crippen LogP contribution in [0.3, 0.4) is 0 Å². The fourth-order valence-corrected chi connectivity index (χ4v) is 2.69. The third-order valence-electron chi connectivity index (χ3n) is 4.08. The van der Waals surface area contributed by atoms with Gasteiger partial charge in [-0.2, -0.15) is 0 Å². The average molecular weight is 381 g/mol. The largest absolute Gasteiger partial charge is 0.494 e. The molecule has 1 aliphatic rings. The number of anilines is 1. The van der Waals surface area contributed by atoms with Gasteiger partial charge in [0.1, 0.15) is 5.75 Å². The topological polar surface area (TPSA) is 73.9 Å². The standard InChI is InChI=1S/C22H23NO5/c1-22(2)27-20(24)19(21(25)28-22)15-23-17-10-12-18(13-11-17)26-14-6-9-16-7-4-3-5-8-16/h3-5,7-8,10-13,15,23H,6,9,14H2,1-2H3. The molecule has 0 atom stereocenters. The molecule has 2 aromatic rings. The monoisotopic (exact) mass is 381 g/mol. The molecule has 0 amide bonds. The first-order valence-corrected chi connectivity index (χ1v) is 9.13. The second kappa shape index (κ2) is 8.61. The zero-order valence-corrected chi connectivity index (χ0v) is 15.9. The Kier molecular flexibility index (Phi) is 5.99. The van der Waals surface area contributed by atoms with Crippen molar-refractivity contribution in [3.05, 3.63) is 71.9 Å². The smallest absolute Gasteiger partial charge is 0.350 e. The Morgan fingerprint density at radius 3 is 2.25 bits per heavy atom. The van der Waals surface area contributed by atoms with Gasteiger partial charge in [0.05, 0.1) is 6.61 Å². The molecule has 1 aliphatic heterocycles. The molecule has 0 unspecified atom stereocenters. The van der Waals surface area contributed by atoms with Gasteiger partial charge in [-0.1, -0.05) is 30.3 Å². The molecule has 1 saturated heterocycles. The van der Waals surface area contributed by atoms with E-state index in [1.165, 1.54) is 25.6 Å². The number of hydrogen-bond donors (Lipinski definition) is 1. The van der Waals surface area contributed by atoms with Crippen molar-refractivity contribution in [2.75, 3.05) is 11.9 Å². The molecular formula is C22H23NO5. The summed E-state index contributed by atoms with van der Waals surface area (Å²) in [7, 11) is 0. The van der Waals surface area contributed by atoms with Gasteiger partial charge < -0.3 is 19.5 Å². The lowest BCUT2D eigenvalue weighted by atomic mass is 10.1. The van der Waals surface area contributed by atoms with Crippen molar-refractivity contribution < 1.29 is 23.8 Å². The van der Waals surface area contributed by atoms with Gasteiger partial charge in [0, 0.05) is 25.7 Å². The first kappa shape index (κ1) is 19.5. The predicted octanol–water partition coefficient (Wildman–Crippen LogP) is 3.83. The number of carbonyl (C=O) groups excluding carboxylic acids is 2. The highest BCUT2D eigenvalue weighted by atomic mass is 16.7. The lowest BCUT2D eigenvalue weighted by molar-refractivity contribution is -0.222. The van der Waals surface area contributed by atoms with Crippen molar-refractivity contribution in [2.24, 2.45) is 0 Å². The van der Waals surface area contributed by atoms with Crippen LogP contribution in [0.25, 0.3) is 0 Å². The van der Waals surface area contributed by atoms with Gasteiger partial charge in [-0.05, 0) is 42.7 Å². The summed E-state index contributed by atoms with van der Waals surface area (Å²) in [5, 5.41) is 2.90. The summed E-state index contributed by atoms with van der Waals surface area (Å²) in [6.07, 6.45) is 3.18. The van der Waals surface area contributed by atoms with E-state index < -0.39 is 17.7 Å². The molecule has 0 spiro atoms. The number of rotatable bonds is 7. The fraction of sp³-hybridized carbons (Fsp3) is 0.273. The number of esters is 2. The van der Waals surface area contributed by atoms with Crippen LogP contribution < -0.4 is 10.1 Å². The van der Waals surface area contributed by atoms with E-state index in [1.54, 1.807) is 12.1 Å². The highest BCUT2D eigenvalue weighted by molar-refractivity contribution is 6.15. The Labute approximate surface area is 164 Å². The van der Waals surface area contributed by atoms with Crippen LogP contribution in [-0.4, -0.2) is 24.3 Å². The molecule has 1 fully saturated rings. The molecule has 0 saturated carbocycles. The maximum absolute atomic E-state index is 11.9. The molecule has 0 radical (unpaired) electrons. The summed E-state index contributed by atoms with van der Waals surface area (Å²) in [6, 6.07) is 17.5. The Hall–Kier alpha value is -3.28. The predicted molar refractivity (Wildman–Crippen MR) is 105 cm³/mol. The van der Waals surface area contributed by atoms with Crippen LogP contribution >= 0.6 is 0 Å². The molecule has 2 aromatic carbocycles. The molecule has 0 aliphatic carbocycles. The number of ether oxygens (including phenoxy) is 3. The van der Waals surface area contributed by atoms with Crippen molar-refractivity contribution in [3.63, 3.8) is 0 Å². The minimum atomic E-state index is -1.25. The van der Waals surface area contributed by atoms with E-state index in [1.807, 2.05) is 30.3 Å². The molecule has 1 heterocycles. The number of hydrogen-bond acceptors (Lipinski definition) is 6. The number of benzene rings is 2. The Balaban J connectivity index is 1.48. The van der Waals surface area contributed by atoms with Crippen LogP contribution in [-0.2, 0) is 25.5 Å². The maximum atomic E-state index is 11.9. The molecule has 146 valence electrons. The van der Waals surface area contributed by atoms with Gasteiger partial charge >= 0.3 is 11.9 Å². The molecule has 1 N–H and O–H groups in total. The first-order valence-electron chi connectivity index (χ1n) is 9.13. The van der Waals surface area contributed by atoms with Gasteiger partial charge in [0.25, 0.3) is 5.79 Å². The SMILES string of the molecule is CC1(C)OC(=O)C(=CNc2ccc(OCCCc3ccccc3)cc2)C(=O)O1. The second-order valence-electron chi connectivity index (χ2n) is 6.84. The van der Waals surface area contributed by atoms with Crippen LogP contribution in [0.5, 0.6) is 5.75 Å². The minimum absolute atomic E-state index is 0.180. The Morgan fingerprint density at radius 1 is 0.964 bits per heavy atom. The lowest BCUT2D eigenvalue weighted by Crippen LogP contribution is -2.42. The van der Waals surface area contributed by atoms with Gasteiger partial charge in [0.15, 0.2) is 5.57 Å². The summed E-state index contributed by atoms with van der Waals surface area (Å²) in [6.45, 7) is 3.64. The van der Waals surface area contributed by atoms with Crippen molar-refractivity contribution >= 4 is 17.6 Å². The van der Waals surface area contributed by atoms with E-state index in [4.69, 9.17) is 14.2 Å². The first-order chi connectivity index (χ1) is 13.4. The Bertz CT molecular complexity index is 834. The second-order valence-corrected chi connectivity index (χ2v) is 6.84. The summed E-state index contributed by atoms with van der Waals surface area (Å²) < 4.78 is 15.8. The van der Waals surface area contributed by atoms with Gasteiger partial charge in [-0.3, -0.25) is 0 Å². The number of nitrogens with one attached hydrogen (secondary N) is 1. The van der Waals surface area contributed by atoms with Crippen LogP contribution in [0, 0.1) is 0 Å². The van der Waals surface area contributed by atoms with E-state index in [9.17, 15) is 9.59 Å². The molecule has 3 rings (SSSR count). The highest BCUT2D eigenvalue weighted by Crippen LogP contribution is 2.23. The van der Waals surface area contributed by atoms with Crippen LogP contribution in [0.15, 0.2) is 66.4 Å². The van der Waals surface area contributed by atoms with E-state index in [0.717, 1.165) is 18.6 Å². The van der Waals surface area contributed by atoms with E-state index in [-0.39, 0.29) is 5.57 Å². The normalized spacial score (nSPS) is 15.4. The van der Waals surface area contributed by atoms with Gasteiger partial charge in [0.2, 0.25) is 0 Å². The zero-order chi connectivity index (χ0) is 20.0. The minimum Gasteiger partial charge on any atom is -0.494 e. The van der Waals surface area contributed by atoms with E-state index in [2.05, 4.69) is 17.4 Å². The van der Waals surface area contributed by atoms with Crippen molar-refractivity contribution in [1.29, 1.82) is 0 Å². The van der Waals surface area contributed by atoms with Gasteiger partial charge in [-0.25, -0.2) is 9.59 Å². The van der Waals surface area contributed by atoms with Crippen molar-refractivity contribution in [2.45, 2.75) is 32.5 Å². The summed E-state index contributed by atoms with van der Waals surface area (Å²) >= 11 is 0. The summed E-state index contributed by atoms with van der Waals surface area (Å²) in [4.78, 5) is 23.8. The molecule has 28 heavy (non-hydrogen) atoms. The summed E-state index contributed by atoms with van der Waals surface area (Å²) in [5.41, 5.74) is 1.82. The van der Waals surface area contributed by atoms with Crippen LogP contribution in [0.4, 0.5) is 5.69 Å². The maximum Gasteiger partial charge on any atom is 0.350 e. The van der Waals surface area contributed by atoms with Crippen molar-refractivity contribution in [3.8, 4) is 5.75 Å². The molecule has 6 nitrogen and oxygen atoms in total. The van der Waals surface area contributed by atoms with Gasteiger partial charge in [-0.15, -0.1) is 0 Å². The molecular weight excluding hydrogens is 358 g/mol. The highest BCUT2D eigenvalue weighted by Gasteiger charge is 2.38. The number of cyclic esters (lactones) is 2. The van der Waals surface area contributed by atoms with E-state index in [0.29, 0.717) is 12.3 Å². The quantitative estimate of drug-likeness (QED) is 0.340. The summed E-state index contributed by atoms with van der Waals surface area (Å²) in [5.74, 6) is -1.92. The molecule has 0 aromatic heterocycles. The average Bonchev–Trinajstić information content (AvgIpc) is 2.65. The van der Waals surface area contributed by atoms with Crippen LogP contribution in [0.1, 0.15) is 25.8 Å². The number of carbonyl (C=O) groups is 2. The van der Waals surface area contributed by atoms with Crippen LogP contribution in [0.2, 0.25) is 0 Å². The van der Waals surface area contributed by atoms with Crippen molar-refractivity contribution in [1.82, 2.24) is 0 Å². The number of aryl methyl sites for hydroxylation is 1. The fourth-order valence-electron chi connectivity index (χ4n) is 2.69. The Morgan fingerprint density at radius 2 is 1.61 bits per heavy atom. The zero-order valence-electron chi connectivity index (χ0n) is 15.9. The molecule has 0 bridgehead atoms.